The van der Waals surface area contributed by atoms with Crippen molar-refractivity contribution in [2.24, 2.45) is 23.9 Å². The second-order valence-corrected chi connectivity index (χ2v) is 8.30. The van der Waals surface area contributed by atoms with Crippen molar-refractivity contribution in [2.45, 2.75) is 46.6 Å². The molecule has 1 aromatic carbocycles. The molecule has 0 aliphatic carbocycles. The van der Waals surface area contributed by atoms with Gasteiger partial charge in [0.25, 0.3) is 0 Å². The summed E-state index contributed by atoms with van der Waals surface area (Å²) in [6, 6.07) is 8.11. The summed E-state index contributed by atoms with van der Waals surface area (Å²) in [7, 11) is 3.62. The molecular formula is C23H38N6O2. The first-order valence-corrected chi connectivity index (χ1v) is 11.0. The number of aryl methyl sites for hydroxylation is 1. The van der Waals surface area contributed by atoms with Crippen LogP contribution in [0, 0.1) is 18.8 Å². The molecule has 8 nitrogen and oxygen atoms in total. The van der Waals surface area contributed by atoms with Gasteiger partial charge in [-0.25, -0.2) is 4.99 Å². The van der Waals surface area contributed by atoms with Crippen LogP contribution in [0.3, 0.4) is 0 Å². The second-order valence-electron chi connectivity index (χ2n) is 8.30. The molecule has 1 aromatic heterocycles. The highest BCUT2D eigenvalue weighted by atomic mass is 16.5. The van der Waals surface area contributed by atoms with E-state index in [1.807, 2.05) is 30.7 Å². The third-order valence-electron chi connectivity index (χ3n) is 5.33. The maximum atomic E-state index is 9.40. The van der Waals surface area contributed by atoms with Crippen molar-refractivity contribution >= 4 is 5.96 Å². The largest absolute Gasteiger partial charge is 0.497 e. The predicted molar refractivity (Wildman–Crippen MR) is 124 cm³/mol. The first kappa shape index (κ1) is 24.7. The fourth-order valence-corrected chi connectivity index (χ4v) is 3.42. The van der Waals surface area contributed by atoms with Crippen molar-refractivity contribution in [3.05, 3.63) is 41.5 Å². The summed E-state index contributed by atoms with van der Waals surface area (Å²) in [5, 5.41) is 24.6. The highest BCUT2D eigenvalue weighted by Gasteiger charge is 2.12. The number of ether oxygens (including phenoxy) is 1. The van der Waals surface area contributed by atoms with Crippen LogP contribution in [-0.2, 0) is 20.0 Å². The van der Waals surface area contributed by atoms with E-state index in [4.69, 9.17) is 9.73 Å². The first-order valence-electron chi connectivity index (χ1n) is 11.0. The van der Waals surface area contributed by atoms with E-state index >= 15 is 0 Å². The van der Waals surface area contributed by atoms with E-state index in [0.717, 1.165) is 55.7 Å². The Bertz CT molecular complexity index is 801. The number of aliphatic hydroxyl groups excluding tert-OH is 1. The van der Waals surface area contributed by atoms with Gasteiger partial charge in [0.05, 0.1) is 7.11 Å². The van der Waals surface area contributed by atoms with Crippen molar-refractivity contribution in [1.82, 2.24) is 25.4 Å². The standard InChI is InChI=1S/C23H38N6O2/c1-17(2)14-20(11-13-30)15-25-23(26-16-22-28-27-18(3)29(22)4)24-12-10-19-6-8-21(31-5)9-7-19/h6-9,17,20,30H,10-16H2,1-5H3,(H2,24,25,26). The Hall–Kier alpha value is -2.61. The van der Waals surface area contributed by atoms with Gasteiger partial charge in [-0.2, -0.15) is 0 Å². The maximum absolute atomic E-state index is 9.40. The van der Waals surface area contributed by atoms with Crippen molar-refractivity contribution in [2.75, 3.05) is 26.8 Å². The van der Waals surface area contributed by atoms with Gasteiger partial charge in [0.1, 0.15) is 18.1 Å². The van der Waals surface area contributed by atoms with Crippen LogP contribution >= 0.6 is 0 Å². The van der Waals surface area contributed by atoms with Gasteiger partial charge in [0.2, 0.25) is 0 Å². The summed E-state index contributed by atoms with van der Waals surface area (Å²) in [5.41, 5.74) is 1.23. The molecule has 0 saturated carbocycles. The minimum Gasteiger partial charge on any atom is -0.497 e. The molecule has 0 fully saturated rings. The summed E-state index contributed by atoms with van der Waals surface area (Å²) in [5.74, 6) is 4.29. The molecule has 1 atom stereocenters. The molecule has 1 unspecified atom stereocenters. The van der Waals surface area contributed by atoms with Crippen molar-refractivity contribution in [3.8, 4) is 5.75 Å². The molecule has 2 aromatic rings. The van der Waals surface area contributed by atoms with Crippen LogP contribution in [0.5, 0.6) is 5.75 Å². The molecule has 0 saturated heterocycles. The lowest BCUT2D eigenvalue weighted by Crippen LogP contribution is -2.41. The normalized spacial score (nSPS) is 12.8. The Kier molecular flexibility index (Phi) is 10.3. The van der Waals surface area contributed by atoms with Gasteiger partial charge >= 0.3 is 0 Å². The summed E-state index contributed by atoms with van der Waals surface area (Å²) in [6.45, 7) is 8.53. The number of aliphatic imine (C=N–C) groups is 1. The SMILES string of the molecule is COc1ccc(CCNC(=NCc2nnc(C)n2C)NCC(CCO)CC(C)C)cc1. The Morgan fingerprint density at radius 1 is 1.19 bits per heavy atom. The molecule has 1 heterocycles. The number of hydrogen-bond acceptors (Lipinski definition) is 5. The topological polar surface area (TPSA) is 96.6 Å². The number of rotatable bonds is 12. The Labute approximate surface area is 186 Å². The zero-order valence-electron chi connectivity index (χ0n) is 19.6. The first-order chi connectivity index (χ1) is 14.9. The van der Waals surface area contributed by atoms with Crippen LogP contribution in [0.15, 0.2) is 29.3 Å². The van der Waals surface area contributed by atoms with Crippen LogP contribution in [0.4, 0.5) is 0 Å². The number of guanidine groups is 1. The van der Waals surface area contributed by atoms with E-state index in [0.29, 0.717) is 18.4 Å². The molecule has 31 heavy (non-hydrogen) atoms. The van der Waals surface area contributed by atoms with Gasteiger partial charge in [0, 0.05) is 26.7 Å². The zero-order chi connectivity index (χ0) is 22.6. The molecule has 3 N–H and O–H groups in total. The predicted octanol–water partition coefficient (Wildman–Crippen LogP) is 2.45. The van der Waals surface area contributed by atoms with E-state index < -0.39 is 0 Å². The maximum Gasteiger partial charge on any atom is 0.191 e. The number of methoxy groups -OCH3 is 1. The lowest BCUT2D eigenvalue weighted by molar-refractivity contribution is 0.243. The Morgan fingerprint density at radius 2 is 1.94 bits per heavy atom. The molecule has 8 heteroatoms. The van der Waals surface area contributed by atoms with E-state index in [-0.39, 0.29) is 6.61 Å². The average Bonchev–Trinajstić information content (AvgIpc) is 3.07. The van der Waals surface area contributed by atoms with Gasteiger partial charge in [-0.3, -0.25) is 0 Å². The third-order valence-corrected chi connectivity index (χ3v) is 5.33. The molecule has 0 amide bonds. The molecule has 0 spiro atoms. The molecule has 172 valence electrons. The quantitative estimate of drug-likeness (QED) is 0.354. The van der Waals surface area contributed by atoms with Gasteiger partial charge in [-0.1, -0.05) is 26.0 Å². The Morgan fingerprint density at radius 3 is 2.52 bits per heavy atom. The molecule has 0 aliphatic heterocycles. The van der Waals surface area contributed by atoms with E-state index in [2.05, 4.69) is 46.8 Å². The second kappa shape index (κ2) is 12.9. The summed E-state index contributed by atoms with van der Waals surface area (Å²) < 4.78 is 7.17. The third kappa shape index (κ3) is 8.57. The number of nitrogens with one attached hydrogen (secondary N) is 2. The molecule has 0 aliphatic rings. The molecule has 2 rings (SSSR count). The number of aromatic nitrogens is 3. The van der Waals surface area contributed by atoms with E-state index in [9.17, 15) is 5.11 Å². The fraction of sp³-hybridized carbons (Fsp3) is 0.609. The summed E-state index contributed by atoms with van der Waals surface area (Å²) >= 11 is 0. The van der Waals surface area contributed by atoms with Gasteiger partial charge in [-0.15, -0.1) is 10.2 Å². The van der Waals surface area contributed by atoms with Crippen LogP contribution in [0.2, 0.25) is 0 Å². The van der Waals surface area contributed by atoms with Crippen LogP contribution < -0.4 is 15.4 Å². The fourth-order valence-electron chi connectivity index (χ4n) is 3.42. The Balaban J connectivity index is 1.99. The smallest absolute Gasteiger partial charge is 0.191 e. The van der Waals surface area contributed by atoms with Crippen LogP contribution in [0.25, 0.3) is 0 Å². The van der Waals surface area contributed by atoms with Crippen molar-refractivity contribution < 1.29 is 9.84 Å². The van der Waals surface area contributed by atoms with Gasteiger partial charge < -0.3 is 25.0 Å². The van der Waals surface area contributed by atoms with Crippen LogP contribution in [0.1, 0.15) is 43.9 Å². The minimum absolute atomic E-state index is 0.203. The summed E-state index contributed by atoms with van der Waals surface area (Å²) in [4.78, 5) is 4.73. The zero-order valence-corrected chi connectivity index (χ0v) is 19.6. The number of benzene rings is 1. The lowest BCUT2D eigenvalue weighted by atomic mass is 9.94. The van der Waals surface area contributed by atoms with Crippen LogP contribution in [-0.4, -0.2) is 52.6 Å². The molecular weight excluding hydrogens is 392 g/mol. The van der Waals surface area contributed by atoms with Crippen molar-refractivity contribution in [1.29, 1.82) is 0 Å². The molecule has 0 bridgehead atoms. The lowest BCUT2D eigenvalue weighted by Gasteiger charge is -2.20. The highest BCUT2D eigenvalue weighted by Crippen LogP contribution is 2.14. The molecule has 0 radical (unpaired) electrons. The average molecular weight is 431 g/mol. The number of nitrogens with zero attached hydrogens (tertiary/aromatic N) is 4. The monoisotopic (exact) mass is 430 g/mol. The summed E-state index contributed by atoms with van der Waals surface area (Å²) in [6.07, 6.45) is 2.72. The number of aliphatic hydroxyl groups is 1. The minimum atomic E-state index is 0.203. The van der Waals surface area contributed by atoms with E-state index in [1.165, 1.54) is 5.56 Å². The van der Waals surface area contributed by atoms with Crippen molar-refractivity contribution in [3.63, 3.8) is 0 Å². The van der Waals surface area contributed by atoms with Gasteiger partial charge in [-0.05, 0) is 55.7 Å². The number of hydrogen-bond donors (Lipinski definition) is 3. The highest BCUT2D eigenvalue weighted by molar-refractivity contribution is 5.79. The van der Waals surface area contributed by atoms with Gasteiger partial charge in [0.15, 0.2) is 11.8 Å². The van der Waals surface area contributed by atoms with E-state index in [1.54, 1.807) is 7.11 Å².